The summed E-state index contributed by atoms with van der Waals surface area (Å²) < 4.78 is 100. The Morgan fingerprint density at radius 2 is 1.25 bits per heavy atom. The predicted molar refractivity (Wildman–Crippen MR) is 262 cm³/mol. The summed E-state index contributed by atoms with van der Waals surface area (Å²) in [6.07, 6.45) is 5.39. The molecule has 0 saturated heterocycles. The molecule has 0 amide bonds. The molecule has 3 heterocycles. The van der Waals surface area contributed by atoms with Gasteiger partial charge in [0.1, 0.15) is 17.3 Å². The molecule has 5 heteroatoms. The van der Waals surface area contributed by atoms with E-state index in [0.717, 1.165) is 38.8 Å². The molecule has 0 fully saturated rings. The minimum atomic E-state index is -0.570. The first-order chi connectivity index (χ1) is 35.6. The van der Waals surface area contributed by atoms with Gasteiger partial charge in [0.05, 0.1) is 47.1 Å². The smallest absolute Gasteiger partial charge is 0.269 e. The lowest BCUT2D eigenvalue weighted by Crippen LogP contribution is -2.31. The standard InChI is InChI=1S/C59H46N4O/c1-40(2)41(3)45-33-34-60-58(36-45)63-54-28-14-13-25-52(54)53-31-30-49(38-56(53)63)64-48-24-15-23-47(37-48)61-39-62(55-32-29-46(35-57(55)61)42-17-7-4-8-18-42)59-50(43-19-9-5-10-20-43)26-16-27-51(59)44-21-11-6-12-22-44/h4-38,40-41H,1-3H3/i5D,6D,9D,10D,11D,12D,19D,20D,21D,22D. The molecule has 0 aliphatic carbocycles. The number of pyridine rings is 1. The highest BCUT2D eigenvalue weighted by Crippen LogP contribution is 2.38. The van der Waals surface area contributed by atoms with Crippen LogP contribution in [0.4, 0.5) is 0 Å². The number of hydrogen-bond acceptors (Lipinski definition) is 2. The second kappa shape index (κ2) is 16.4. The van der Waals surface area contributed by atoms with E-state index in [9.17, 15) is 0 Å². The first kappa shape index (κ1) is 29.3. The summed E-state index contributed by atoms with van der Waals surface area (Å²) >= 11 is 0. The molecule has 0 spiro atoms. The molecule has 0 bridgehead atoms. The van der Waals surface area contributed by atoms with Gasteiger partial charge in [0.25, 0.3) is 6.33 Å². The number of rotatable bonds is 10. The number of aromatic nitrogens is 4. The third kappa shape index (κ3) is 7.01. The SMILES string of the molecule is [2H]c1c([2H])c([2H])c(-c2cccc(-c3c([2H])c([2H])c([2H])c([2H])c3[2H])c2-[n+]2[c-]n(-c3cccc(Oc4ccc5c6ccccc6n(-c6cc(C(C)C(C)C)ccn6)c5c4)c3)c3cc(-c4ccccc4)ccc32)c([2H])c1[2H]. The van der Waals surface area contributed by atoms with Crippen molar-refractivity contribution in [3.63, 3.8) is 0 Å². The maximum absolute atomic E-state index is 9.12. The Hall–Kier alpha value is -8.02. The molecule has 0 aliphatic heterocycles. The fourth-order valence-corrected chi connectivity index (χ4v) is 8.54. The molecule has 11 rings (SSSR count). The lowest BCUT2D eigenvalue weighted by Gasteiger charge is -2.17. The van der Waals surface area contributed by atoms with Crippen molar-refractivity contribution in [3.05, 3.63) is 224 Å². The van der Waals surface area contributed by atoms with Gasteiger partial charge in [-0.05, 0) is 105 Å². The molecule has 0 radical (unpaired) electrons. The number of fused-ring (bicyclic) bond motifs is 4. The Balaban J connectivity index is 1.12. The molecule has 3 aromatic heterocycles. The number of imidazole rings is 1. The van der Waals surface area contributed by atoms with E-state index in [2.05, 4.69) is 62.0 Å². The topological polar surface area (TPSA) is 35.9 Å². The summed E-state index contributed by atoms with van der Waals surface area (Å²) in [4.78, 5) is 4.87. The highest BCUT2D eigenvalue weighted by Gasteiger charge is 2.21. The number of ether oxygens (including phenoxy) is 1. The first-order valence-electron chi connectivity index (χ1n) is 26.2. The Bertz CT molecular complexity index is 3930. The highest BCUT2D eigenvalue weighted by molar-refractivity contribution is 6.09. The Labute approximate surface area is 387 Å². The largest absolute Gasteiger partial charge is 0.458 e. The van der Waals surface area contributed by atoms with E-state index in [-0.39, 0.29) is 27.9 Å². The van der Waals surface area contributed by atoms with Crippen LogP contribution in [0.2, 0.25) is 0 Å². The zero-order valence-corrected chi connectivity index (χ0v) is 35.3. The van der Waals surface area contributed by atoms with Gasteiger partial charge < -0.3 is 4.74 Å². The average molecular weight is 837 g/mol. The van der Waals surface area contributed by atoms with Crippen molar-refractivity contribution in [2.75, 3.05) is 0 Å². The molecule has 308 valence electrons. The van der Waals surface area contributed by atoms with Crippen LogP contribution in [-0.2, 0) is 0 Å². The molecule has 64 heavy (non-hydrogen) atoms. The second-order valence-electron chi connectivity index (χ2n) is 16.2. The summed E-state index contributed by atoms with van der Waals surface area (Å²) in [6, 6.07) is 41.3. The summed E-state index contributed by atoms with van der Waals surface area (Å²) in [7, 11) is 0. The lowest BCUT2D eigenvalue weighted by atomic mass is 9.91. The quantitative estimate of drug-likeness (QED) is 0.102. The van der Waals surface area contributed by atoms with Crippen molar-refractivity contribution in [3.8, 4) is 62.1 Å². The molecule has 0 N–H and O–H groups in total. The van der Waals surface area contributed by atoms with Crippen LogP contribution < -0.4 is 9.30 Å². The Kier molecular flexibility index (Phi) is 7.49. The zero-order valence-electron chi connectivity index (χ0n) is 45.3. The van der Waals surface area contributed by atoms with Gasteiger partial charge in [0.2, 0.25) is 0 Å². The lowest BCUT2D eigenvalue weighted by molar-refractivity contribution is -0.571. The van der Waals surface area contributed by atoms with Crippen molar-refractivity contribution < 1.29 is 23.0 Å². The molecule has 1 atom stereocenters. The van der Waals surface area contributed by atoms with E-state index in [4.69, 9.17) is 23.4 Å². The van der Waals surface area contributed by atoms with Gasteiger partial charge in [0, 0.05) is 23.0 Å². The third-order valence-electron chi connectivity index (χ3n) is 12.0. The number of benzene rings is 8. The summed E-state index contributed by atoms with van der Waals surface area (Å²) in [6.45, 7) is 6.67. The van der Waals surface area contributed by atoms with Gasteiger partial charge >= 0.3 is 0 Å². The Morgan fingerprint density at radius 1 is 0.562 bits per heavy atom. The fourth-order valence-electron chi connectivity index (χ4n) is 8.54. The molecule has 11 aromatic rings. The minimum absolute atomic E-state index is 0.136. The minimum Gasteiger partial charge on any atom is -0.458 e. The van der Waals surface area contributed by atoms with Crippen LogP contribution in [-0.4, -0.2) is 14.1 Å². The van der Waals surface area contributed by atoms with Crippen LogP contribution in [0.3, 0.4) is 0 Å². The van der Waals surface area contributed by atoms with Gasteiger partial charge in [-0.15, -0.1) is 0 Å². The van der Waals surface area contributed by atoms with Gasteiger partial charge in [-0.2, -0.15) is 0 Å². The highest BCUT2D eigenvalue weighted by atomic mass is 16.5. The first-order valence-corrected chi connectivity index (χ1v) is 21.2. The molecule has 0 aliphatic rings. The van der Waals surface area contributed by atoms with Crippen LogP contribution in [0.1, 0.15) is 46.0 Å². The van der Waals surface area contributed by atoms with E-state index in [1.54, 1.807) is 22.8 Å². The van der Waals surface area contributed by atoms with Crippen molar-refractivity contribution in [1.29, 1.82) is 0 Å². The van der Waals surface area contributed by atoms with Crippen LogP contribution in [0.25, 0.3) is 83.4 Å². The van der Waals surface area contributed by atoms with Gasteiger partial charge in [0.15, 0.2) is 0 Å². The van der Waals surface area contributed by atoms with Crippen molar-refractivity contribution in [2.45, 2.75) is 26.7 Å². The second-order valence-corrected chi connectivity index (χ2v) is 16.2. The van der Waals surface area contributed by atoms with Crippen LogP contribution in [0.15, 0.2) is 212 Å². The average Bonchev–Trinajstić information content (AvgIpc) is 3.96. The monoisotopic (exact) mass is 836 g/mol. The van der Waals surface area contributed by atoms with Crippen LogP contribution in [0, 0.1) is 12.2 Å². The van der Waals surface area contributed by atoms with E-state index in [1.807, 2.05) is 108 Å². The number of para-hydroxylation sites is 2. The normalized spacial score (nSPS) is 14.2. The van der Waals surface area contributed by atoms with E-state index in [1.165, 1.54) is 5.56 Å². The number of nitrogens with zero attached hydrogens (tertiary/aromatic N) is 4. The van der Waals surface area contributed by atoms with Crippen LogP contribution >= 0.6 is 0 Å². The fraction of sp³-hybridized carbons (Fsp3) is 0.0847. The van der Waals surface area contributed by atoms with E-state index >= 15 is 0 Å². The molecule has 1 unspecified atom stereocenters. The van der Waals surface area contributed by atoms with E-state index in [0.29, 0.717) is 40.1 Å². The molecule has 8 aromatic carbocycles. The zero-order chi connectivity index (χ0) is 51.9. The third-order valence-corrected chi connectivity index (χ3v) is 12.0. The molecule has 5 nitrogen and oxygen atoms in total. The van der Waals surface area contributed by atoms with Gasteiger partial charge in [-0.1, -0.05) is 166 Å². The summed E-state index contributed by atoms with van der Waals surface area (Å²) in [5.74, 6) is 2.67. The molecule has 0 saturated carbocycles. The molecular formula is C59H46N4O. The van der Waals surface area contributed by atoms with Crippen molar-refractivity contribution in [1.82, 2.24) is 14.1 Å². The van der Waals surface area contributed by atoms with Gasteiger partial charge in [-0.25, -0.2) is 4.98 Å². The maximum atomic E-state index is 9.12. The molecular weight excluding hydrogens is 781 g/mol. The summed E-state index contributed by atoms with van der Waals surface area (Å²) in [5, 5.41) is 2.13. The Morgan fingerprint density at radius 3 is 2.00 bits per heavy atom. The van der Waals surface area contributed by atoms with E-state index < -0.39 is 60.4 Å². The van der Waals surface area contributed by atoms with Crippen molar-refractivity contribution >= 4 is 32.8 Å². The van der Waals surface area contributed by atoms with Crippen LogP contribution in [0.5, 0.6) is 11.5 Å². The van der Waals surface area contributed by atoms with Crippen molar-refractivity contribution in [2.24, 2.45) is 5.92 Å². The maximum Gasteiger partial charge on any atom is 0.269 e. The van der Waals surface area contributed by atoms with Gasteiger partial charge in [-0.3, -0.25) is 13.7 Å². The number of hydrogen-bond donors (Lipinski definition) is 0. The predicted octanol–water partition coefficient (Wildman–Crippen LogP) is 14.8. The summed E-state index contributed by atoms with van der Waals surface area (Å²) in [5.41, 5.74) is 6.97.